The number of nitrogens with zero attached hydrogens (tertiary/aromatic N) is 2. The van der Waals surface area contributed by atoms with Crippen LogP contribution in [0.25, 0.3) is 27.5 Å². The Morgan fingerprint density at radius 2 is 2.00 bits per heavy atom. The number of benzene rings is 2. The maximum atomic E-state index is 15.8. The third kappa shape index (κ3) is 1.89. The fourth-order valence-electron chi connectivity index (χ4n) is 5.24. The third-order valence-electron chi connectivity index (χ3n) is 6.59. The summed E-state index contributed by atoms with van der Waals surface area (Å²) >= 11 is 0. The quantitative estimate of drug-likeness (QED) is 0.369. The second-order valence-electron chi connectivity index (χ2n) is 9.54. The van der Waals surface area contributed by atoms with Gasteiger partial charge in [-0.3, -0.25) is 4.40 Å². The molecule has 142 valence electrons. The van der Waals surface area contributed by atoms with E-state index in [0.717, 1.165) is 51.6 Å². The standard InChI is InChI=1S/C24H23FN2O/c1-23(2,3)18-11-13-7-5-6-8-14(13)22-26-21-16(27(18)22)12-15-17-9-10-24(4,28-17)19(15)20(21)25/h5-8,11-12,17H,9-10H2,1-4H3. The Kier molecular flexibility index (Phi) is 2.90. The van der Waals surface area contributed by atoms with E-state index in [1.165, 1.54) is 0 Å². The summed E-state index contributed by atoms with van der Waals surface area (Å²) in [6.45, 7) is 8.59. The van der Waals surface area contributed by atoms with Crippen LogP contribution in [0.2, 0.25) is 0 Å². The highest BCUT2D eigenvalue weighted by Crippen LogP contribution is 2.56. The summed E-state index contributed by atoms with van der Waals surface area (Å²) in [6, 6.07) is 12.6. The first kappa shape index (κ1) is 16.5. The van der Waals surface area contributed by atoms with E-state index in [1.54, 1.807) is 0 Å². The minimum absolute atomic E-state index is 0.00277. The van der Waals surface area contributed by atoms with Crippen molar-refractivity contribution in [2.45, 2.75) is 57.7 Å². The van der Waals surface area contributed by atoms with Crippen molar-refractivity contribution in [1.29, 1.82) is 0 Å². The fraction of sp³-hybridized carbons (Fsp3) is 0.375. The minimum Gasteiger partial charge on any atom is -0.363 e. The van der Waals surface area contributed by atoms with Gasteiger partial charge in [0.25, 0.3) is 0 Å². The zero-order valence-corrected chi connectivity index (χ0v) is 16.6. The van der Waals surface area contributed by atoms with Gasteiger partial charge in [0, 0.05) is 22.1 Å². The fourth-order valence-corrected chi connectivity index (χ4v) is 5.24. The van der Waals surface area contributed by atoms with Gasteiger partial charge < -0.3 is 4.74 Å². The zero-order chi connectivity index (χ0) is 19.4. The topological polar surface area (TPSA) is 26.5 Å². The molecule has 0 saturated carbocycles. The molecule has 2 bridgehead atoms. The second-order valence-corrected chi connectivity index (χ2v) is 9.54. The number of rotatable bonds is 0. The molecule has 0 aliphatic carbocycles. The van der Waals surface area contributed by atoms with E-state index in [-0.39, 0.29) is 17.3 Å². The Balaban J connectivity index is 1.84. The number of imidazole rings is 1. The van der Waals surface area contributed by atoms with E-state index in [4.69, 9.17) is 9.72 Å². The highest BCUT2D eigenvalue weighted by Gasteiger charge is 2.50. The van der Waals surface area contributed by atoms with Gasteiger partial charge in [-0.2, -0.15) is 0 Å². The molecule has 2 aliphatic rings. The number of ether oxygens (including phenoxy) is 1. The summed E-state index contributed by atoms with van der Waals surface area (Å²) in [5.74, 6) is -0.204. The molecular weight excluding hydrogens is 351 g/mol. The summed E-state index contributed by atoms with van der Waals surface area (Å²) < 4.78 is 24.1. The first-order valence-electron chi connectivity index (χ1n) is 10.0. The molecule has 6 rings (SSSR count). The lowest BCUT2D eigenvalue weighted by atomic mass is 9.83. The van der Waals surface area contributed by atoms with Crippen LogP contribution in [0.4, 0.5) is 4.39 Å². The number of aromatic nitrogens is 2. The van der Waals surface area contributed by atoms with Crippen LogP contribution in [0.3, 0.4) is 0 Å². The molecular formula is C24H23FN2O. The molecule has 0 radical (unpaired) electrons. The van der Waals surface area contributed by atoms with Gasteiger partial charge in [0.05, 0.1) is 17.2 Å². The van der Waals surface area contributed by atoms with Gasteiger partial charge in [0.15, 0.2) is 5.82 Å². The summed E-state index contributed by atoms with van der Waals surface area (Å²) in [5, 5.41) is 2.19. The van der Waals surface area contributed by atoms with Crippen LogP contribution in [0.1, 0.15) is 63.5 Å². The number of halogens is 1. The smallest absolute Gasteiger partial charge is 0.157 e. The molecule has 4 heteroatoms. The van der Waals surface area contributed by atoms with Gasteiger partial charge in [-0.25, -0.2) is 9.37 Å². The molecule has 28 heavy (non-hydrogen) atoms. The Hall–Kier alpha value is -2.46. The summed E-state index contributed by atoms with van der Waals surface area (Å²) in [5.41, 5.74) is 4.39. The van der Waals surface area contributed by atoms with Crippen LogP contribution in [0.15, 0.2) is 36.4 Å². The monoisotopic (exact) mass is 374 g/mol. The molecule has 3 nitrogen and oxygen atoms in total. The van der Waals surface area contributed by atoms with Crippen molar-refractivity contribution in [2.24, 2.45) is 0 Å². The van der Waals surface area contributed by atoms with Gasteiger partial charge in [0.2, 0.25) is 0 Å². The molecule has 1 saturated heterocycles. The van der Waals surface area contributed by atoms with Crippen molar-refractivity contribution >= 4 is 27.5 Å². The number of hydrogen-bond acceptors (Lipinski definition) is 2. The van der Waals surface area contributed by atoms with Crippen molar-refractivity contribution in [3.8, 4) is 0 Å². The third-order valence-corrected chi connectivity index (χ3v) is 6.59. The normalized spacial score (nSPS) is 24.0. The van der Waals surface area contributed by atoms with E-state index in [1.807, 2.05) is 19.1 Å². The van der Waals surface area contributed by atoms with Gasteiger partial charge >= 0.3 is 0 Å². The average molecular weight is 374 g/mol. The SMILES string of the molecule is CC(C)(C)c1cc2ccccc2c2nc3c(F)c4c(cc3n12)C1CCC4(C)O1. The van der Waals surface area contributed by atoms with Crippen LogP contribution in [0, 0.1) is 5.82 Å². The van der Waals surface area contributed by atoms with Gasteiger partial charge in [0.1, 0.15) is 11.2 Å². The lowest BCUT2D eigenvalue weighted by Gasteiger charge is -2.23. The first-order chi connectivity index (χ1) is 13.3. The molecule has 4 aromatic rings. The maximum Gasteiger partial charge on any atom is 0.157 e. The highest BCUT2D eigenvalue weighted by atomic mass is 19.1. The number of fused-ring (bicyclic) bond motifs is 10. The van der Waals surface area contributed by atoms with Gasteiger partial charge in [-0.1, -0.05) is 45.0 Å². The average Bonchev–Trinajstić information content (AvgIpc) is 3.29. The summed E-state index contributed by atoms with van der Waals surface area (Å²) in [4.78, 5) is 4.84. The molecule has 0 amide bonds. The molecule has 2 atom stereocenters. The molecule has 2 aromatic heterocycles. The van der Waals surface area contributed by atoms with E-state index in [0.29, 0.717) is 5.52 Å². The Morgan fingerprint density at radius 3 is 2.79 bits per heavy atom. The highest BCUT2D eigenvalue weighted by molar-refractivity contribution is 5.99. The number of hydrogen-bond donors (Lipinski definition) is 0. The molecule has 0 N–H and O–H groups in total. The van der Waals surface area contributed by atoms with Gasteiger partial charge in [-0.05, 0) is 42.8 Å². The molecule has 2 unspecified atom stereocenters. The predicted octanol–water partition coefficient (Wildman–Crippen LogP) is 6.16. The largest absolute Gasteiger partial charge is 0.363 e. The minimum atomic E-state index is -0.511. The molecule has 2 aromatic carbocycles. The van der Waals surface area contributed by atoms with Gasteiger partial charge in [-0.15, -0.1) is 0 Å². The Labute approximate surface area is 163 Å². The van der Waals surface area contributed by atoms with Crippen LogP contribution in [-0.4, -0.2) is 9.38 Å². The van der Waals surface area contributed by atoms with Crippen molar-refractivity contribution in [3.05, 3.63) is 59.0 Å². The van der Waals surface area contributed by atoms with Crippen molar-refractivity contribution in [3.63, 3.8) is 0 Å². The molecule has 2 aliphatic heterocycles. The van der Waals surface area contributed by atoms with Crippen molar-refractivity contribution < 1.29 is 9.13 Å². The number of pyridine rings is 1. The van der Waals surface area contributed by atoms with Crippen LogP contribution in [-0.2, 0) is 15.8 Å². The van der Waals surface area contributed by atoms with Crippen LogP contribution in [0.5, 0.6) is 0 Å². The maximum absolute atomic E-state index is 15.8. The molecule has 4 heterocycles. The Morgan fingerprint density at radius 1 is 1.21 bits per heavy atom. The van der Waals surface area contributed by atoms with E-state index < -0.39 is 5.60 Å². The van der Waals surface area contributed by atoms with Crippen molar-refractivity contribution in [2.75, 3.05) is 0 Å². The van der Waals surface area contributed by atoms with E-state index >= 15 is 4.39 Å². The van der Waals surface area contributed by atoms with Crippen LogP contribution < -0.4 is 0 Å². The molecule has 1 fully saturated rings. The van der Waals surface area contributed by atoms with E-state index in [9.17, 15) is 0 Å². The lowest BCUT2D eigenvalue weighted by Crippen LogP contribution is -2.19. The predicted molar refractivity (Wildman–Crippen MR) is 109 cm³/mol. The van der Waals surface area contributed by atoms with Crippen LogP contribution >= 0.6 is 0 Å². The van der Waals surface area contributed by atoms with E-state index in [2.05, 4.69) is 49.4 Å². The van der Waals surface area contributed by atoms with Crippen molar-refractivity contribution in [1.82, 2.24) is 9.38 Å². The first-order valence-corrected chi connectivity index (χ1v) is 10.0. The lowest BCUT2D eigenvalue weighted by molar-refractivity contribution is -0.00843. The summed E-state index contributed by atoms with van der Waals surface area (Å²) in [7, 11) is 0. The summed E-state index contributed by atoms with van der Waals surface area (Å²) in [6.07, 6.45) is 1.83. The zero-order valence-electron chi connectivity index (χ0n) is 16.6. The second kappa shape index (κ2) is 4.93. The molecule has 0 spiro atoms. The Bertz CT molecular complexity index is 1310.